The van der Waals surface area contributed by atoms with Gasteiger partial charge in [0.25, 0.3) is 0 Å². The molecule has 1 aliphatic heterocycles. The van der Waals surface area contributed by atoms with Gasteiger partial charge in [-0.05, 0) is 25.0 Å². The first kappa shape index (κ1) is 12.9. The predicted octanol–water partition coefficient (Wildman–Crippen LogP) is 3.53. The van der Waals surface area contributed by atoms with Crippen LogP contribution < -0.4 is 0 Å². The highest BCUT2D eigenvalue weighted by Gasteiger charge is 2.20. The summed E-state index contributed by atoms with van der Waals surface area (Å²) in [4.78, 5) is 4.62. The molecule has 0 aliphatic carbocycles. The van der Waals surface area contributed by atoms with Gasteiger partial charge in [-0.1, -0.05) is 0 Å². The van der Waals surface area contributed by atoms with Crippen molar-refractivity contribution in [2.75, 3.05) is 12.4 Å². The summed E-state index contributed by atoms with van der Waals surface area (Å²) in [6.07, 6.45) is 4.15. The minimum Gasteiger partial charge on any atom is -0.371 e. The second kappa shape index (κ2) is 7.00. The molecule has 0 saturated carbocycles. The summed E-state index contributed by atoms with van der Waals surface area (Å²) in [7, 11) is 0. The molecule has 2 rings (SSSR count). The Labute approximate surface area is 110 Å². The minimum atomic E-state index is 0.248. The van der Waals surface area contributed by atoms with E-state index in [1.807, 2.05) is 11.8 Å². The molecule has 1 atom stereocenters. The van der Waals surface area contributed by atoms with Crippen molar-refractivity contribution in [2.24, 2.45) is 0 Å². The summed E-state index contributed by atoms with van der Waals surface area (Å²) in [5.41, 5.74) is 1.16. The minimum absolute atomic E-state index is 0.248. The van der Waals surface area contributed by atoms with Crippen LogP contribution in [0.15, 0.2) is 5.38 Å². The van der Waals surface area contributed by atoms with Crippen LogP contribution in [0.2, 0.25) is 0 Å². The summed E-state index contributed by atoms with van der Waals surface area (Å²) >= 11 is 3.57. The Morgan fingerprint density at radius 1 is 1.65 bits per heavy atom. The third-order valence-corrected chi connectivity index (χ3v) is 4.66. The predicted molar refractivity (Wildman–Crippen MR) is 71.1 cm³/mol. The molecule has 0 N–H and O–H groups in total. The molecule has 0 aromatic carbocycles. The molecule has 1 saturated heterocycles. The van der Waals surface area contributed by atoms with E-state index in [4.69, 9.17) is 10.00 Å². The third-order valence-electron chi connectivity index (χ3n) is 2.60. The zero-order chi connectivity index (χ0) is 11.9. The van der Waals surface area contributed by atoms with E-state index in [0.717, 1.165) is 48.1 Å². The monoisotopic (exact) mass is 268 g/mol. The zero-order valence-corrected chi connectivity index (χ0v) is 11.4. The van der Waals surface area contributed by atoms with Crippen LogP contribution in [-0.4, -0.2) is 17.3 Å². The van der Waals surface area contributed by atoms with Gasteiger partial charge in [-0.15, -0.1) is 11.3 Å². The highest BCUT2D eigenvalue weighted by atomic mass is 32.2. The van der Waals surface area contributed by atoms with Crippen molar-refractivity contribution in [1.29, 1.82) is 5.26 Å². The number of thioether (sulfide) groups is 1. The average molecular weight is 268 g/mol. The van der Waals surface area contributed by atoms with Gasteiger partial charge in [-0.3, -0.25) is 0 Å². The van der Waals surface area contributed by atoms with Gasteiger partial charge in [0.2, 0.25) is 0 Å². The van der Waals surface area contributed by atoms with E-state index in [2.05, 4.69) is 16.4 Å². The van der Waals surface area contributed by atoms with Crippen LogP contribution in [-0.2, 0) is 10.5 Å². The molecule has 1 aromatic rings. The lowest BCUT2D eigenvalue weighted by Gasteiger charge is -2.03. The molecule has 0 radical (unpaired) electrons. The van der Waals surface area contributed by atoms with Crippen molar-refractivity contribution >= 4 is 23.1 Å². The molecule has 92 valence electrons. The van der Waals surface area contributed by atoms with Crippen LogP contribution >= 0.6 is 23.1 Å². The van der Waals surface area contributed by atoms with Gasteiger partial charge >= 0.3 is 0 Å². The first-order valence-corrected chi connectivity index (χ1v) is 7.94. The number of hydrogen-bond donors (Lipinski definition) is 0. The van der Waals surface area contributed by atoms with E-state index < -0.39 is 0 Å². The maximum Gasteiger partial charge on any atom is 0.122 e. The van der Waals surface area contributed by atoms with Crippen LogP contribution in [0, 0.1) is 11.3 Å². The summed E-state index contributed by atoms with van der Waals surface area (Å²) in [5.74, 6) is 2.00. The molecular formula is C12H16N2OS2. The number of hydrogen-bond acceptors (Lipinski definition) is 5. The lowest BCUT2D eigenvalue weighted by molar-refractivity contribution is 0.111. The van der Waals surface area contributed by atoms with E-state index in [9.17, 15) is 0 Å². The second-order valence-corrected chi connectivity index (χ2v) is 5.99. The van der Waals surface area contributed by atoms with Gasteiger partial charge < -0.3 is 4.74 Å². The Morgan fingerprint density at radius 2 is 2.59 bits per heavy atom. The molecule has 2 heterocycles. The van der Waals surface area contributed by atoms with E-state index in [1.165, 1.54) is 0 Å². The number of rotatable bonds is 6. The van der Waals surface area contributed by atoms with Crippen molar-refractivity contribution in [2.45, 2.75) is 37.5 Å². The highest BCUT2D eigenvalue weighted by molar-refractivity contribution is 7.98. The summed E-state index contributed by atoms with van der Waals surface area (Å²) in [5, 5.41) is 11.7. The third kappa shape index (κ3) is 3.98. The van der Waals surface area contributed by atoms with Crippen LogP contribution in [0.4, 0.5) is 0 Å². The first-order chi connectivity index (χ1) is 8.40. The Balaban J connectivity index is 1.72. The maximum absolute atomic E-state index is 8.42. The molecule has 1 aromatic heterocycles. The Hall–Kier alpha value is -0.570. The van der Waals surface area contributed by atoms with E-state index in [1.54, 1.807) is 11.3 Å². The lowest BCUT2D eigenvalue weighted by Crippen LogP contribution is -1.95. The zero-order valence-electron chi connectivity index (χ0n) is 9.72. The Morgan fingerprint density at radius 3 is 3.35 bits per heavy atom. The maximum atomic E-state index is 8.42. The molecule has 0 unspecified atom stereocenters. The molecule has 0 amide bonds. The van der Waals surface area contributed by atoms with Gasteiger partial charge in [0.1, 0.15) is 11.1 Å². The van der Waals surface area contributed by atoms with Gasteiger partial charge in [0, 0.05) is 24.2 Å². The average Bonchev–Trinajstić information content (AvgIpc) is 2.99. The summed E-state index contributed by atoms with van der Waals surface area (Å²) < 4.78 is 5.61. The fourth-order valence-corrected chi connectivity index (χ4v) is 3.60. The molecule has 1 aliphatic rings. The number of ether oxygens (including phenoxy) is 1. The normalized spacial score (nSPS) is 19.4. The summed E-state index contributed by atoms with van der Waals surface area (Å²) in [6.45, 7) is 0.877. The molecule has 3 nitrogen and oxygen atoms in total. The largest absolute Gasteiger partial charge is 0.371 e. The number of unbranched alkanes of at least 4 members (excludes halogenated alkanes) is 1. The van der Waals surface area contributed by atoms with Crippen molar-refractivity contribution < 1.29 is 4.74 Å². The number of thiazole rings is 1. The van der Waals surface area contributed by atoms with Crippen LogP contribution in [0.5, 0.6) is 0 Å². The molecular weight excluding hydrogens is 252 g/mol. The fourth-order valence-electron chi connectivity index (χ4n) is 1.74. The van der Waals surface area contributed by atoms with Gasteiger partial charge in [0.05, 0.1) is 11.8 Å². The van der Waals surface area contributed by atoms with Crippen molar-refractivity contribution in [3.05, 3.63) is 16.1 Å². The lowest BCUT2D eigenvalue weighted by atomic mass is 10.2. The molecule has 17 heavy (non-hydrogen) atoms. The van der Waals surface area contributed by atoms with Crippen LogP contribution in [0.1, 0.15) is 42.5 Å². The Kier molecular flexibility index (Phi) is 5.30. The second-order valence-electron chi connectivity index (χ2n) is 3.99. The van der Waals surface area contributed by atoms with Gasteiger partial charge in [0.15, 0.2) is 0 Å². The SMILES string of the molecule is N#CCCCSCc1csc([C@@H]2CCCO2)n1. The van der Waals surface area contributed by atoms with Crippen molar-refractivity contribution in [1.82, 2.24) is 4.98 Å². The standard InChI is InChI=1S/C12H16N2OS2/c13-5-1-2-7-16-8-10-9-17-12(14-10)11-4-3-6-15-11/h9,11H,1-4,6-8H2/t11-/m0/s1. The van der Waals surface area contributed by atoms with Crippen LogP contribution in [0.25, 0.3) is 0 Å². The molecule has 0 spiro atoms. The van der Waals surface area contributed by atoms with Crippen molar-refractivity contribution in [3.8, 4) is 6.07 Å². The Bertz CT molecular complexity index is 380. The van der Waals surface area contributed by atoms with Gasteiger partial charge in [-0.2, -0.15) is 17.0 Å². The van der Waals surface area contributed by atoms with Gasteiger partial charge in [-0.25, -0.2) is 4.98 Å². The van der Waals surface area contributed by atoms with Crippen molar-refractivity contribution in [3.63, 3.8) is 0 Å². The molecule has 5 heteroatoms. The first-order valence-electron chi connectivity index (χ1n) is 5.91. The molecule has 1 fully saturated rings. The fraction of sp³-hybridized carbons (Fsp3) is 0.667. The number of nitriles is 1. The quantitative estimate of drug-likeness (QED) is 0.740. The topological polar surface area (TPSA) is 45.9 Å². The van der Waals surface area contributed by atoms with E-state index >= 15 is 0 Å². The number of nitrogens with zero attached hydrogens (tertiary/aromatic N) is 2. The van der Waals surface area contributed by atoms with E-state index in [0.29, 0.717) is 6.42 Å². The highest BCUT2D eigenvalue weighted by Crippen LogP contribution is 2.31. The molecule has 0 bridgehead atoms. The van der Waals surface area contributed by atoms with E-state index in [-0.39, 0.29) is 6.10 Å². The number of aromatic nitrogens is 1. The smallest absolute Gasteiger partial charge is 0.122 e. The van der Waals surface area contributed by atoms with Crippen LogP contribution in [0.3, 0.4) is 0 Å². The summed E-state index contributed by atoms with van der Waals surface area (Å²) in [6, 6.07) is 2.16.